The second-order valence-corrected chi connectivity index (χ2v) is 7.83. The van der Waals surface area contributed by atoms with Crippen molar-refractivity contribution < 1.29 is 9.47 Å². The van der Waals surface area contributed by atoms with E-state index in [2.05, 4.69) is 49.4 Å². The third kappa shape index (κ3) is 6.99. The first-order valence-corrected chi connectivity index (χ1v) is 11.2. The zero-order chi connectivity index (χ0) is 22.9. The zero-order valence-corrected chi connectivity index (χ0v) is 22.0. The molecule has 180 valence electrons. The first-order chi connectivity index (χ1) is 16.2. The van der Waals surface area contributed by atoms with E-state index in [0.717, 1.165) is 54.9 Å². The van der Waals surface area contributed by atoms with Crippen LogP contribution in [0.3, 0.4) is 0 Å². The van der Waals surface area contributed by atoms with Crippen LogP contribution in [-0.4, -0.2) is 56.2 Å². The molecule has 34 heavy (non-hydrogen) atoms. The third-order valence-corrected chi connectivity index (χ3v) is 5.69. The van der Waals surface area contributed by atoms with Gasteiger partial charge in [-0.1, -0.05) is 18.2 Å². The Hall–Kier alpha value is -3.01. The molecule has 1 aliphatic heterocycles. The van der Waals surface area contributed by atoms with Gasteiger partial charge in [-0.25, -0.2) is 0 Å². The van der Waals surface area contributed by atoms with Gasteiger partial charge in [-0.3, -0.25) is 9.98 Å². The number of benzene rings is 2. The Labute approximate surface area is 218 Å². The molecular formula is C26H32IN5O2. The van der Waals surface area contributed by atoms with E-state index >= 15 is 0 Å². The molecule has 0 bridgehead atoms. The highest BCUT2D eigenvalue weighted by Gasteiger charge is 2.19. The van der Waals surface area contributed by atoms with E-state index in [1.54, 1.807) is 13.3 Å². The van der Waals surface area contributed by atoms with E-state index in [1.165, 1.54) is 5.69 Å². The molecule has 2 aromatic carbocycles. The minimum absolute atomic E-state index is 0. The summed E-state index contributed by atoms with van der Waals surface area (Å²) in [7, 11) is 3.53. The van der Waals surface area contributed by atoms with Crippen molar-refractivity contribution >= 4 is 35.6 Å². The number of aliphatic imine (C=N–C) groups is 1. The summed E-state index contributed by atoms with van der Waals surface area (Å²) in [6.45, 7) is 4.87. The minimum atomic E-state index is 0. The monoisotopic (exact) mass is 573 g/mol. The number of methoxy groups -OCH3 is 1. The van der Waals surface area contributed by atoms with Crippen LogP contribution in [0.1, 0.15) is 11.3 Å². The summed E-state index contributed by atoms with van der Waals surface area (Å²) in [5, 5.41) is 3.50. The predicted molar refractivity (Wildman–Crippen MR) is 147 cm³/mol. The molecule has 8 heteroatoms. The van der Waals surface area contributed by atoms with Crippen molar-refractivity contribution in [2.75, 3.05) is 45.2 Å². The maximum absolute atomic E-state index is 5.91. The molecule has 0 aliphatic carbocycles. The number of nitrogens with one attached hydrogen (secondary N) is 1. The van der Waals surface area contributed by atoms with E-state index in [1.807, 2.05) is 49.5 Å². The molecule has 1 saturated heterocycles. The van der Waals surface area contributed by atoms with Gasteiger partial charge in [0.2, 0.25) is 0 Å². The van der Waals surface area contributed by atoms with E-state index < -0.39 is 0 Å². The Morgan fingerprint density at radius 3 is 2.44 bits per heavy atom. The van der Waals surface area contributed by atoms with Crippen molar-refractivity contribution in [1.82, 2.24) is 15.2 Å². The minimum Gasteiger partial charge on any atom is -0.497 e. The van der Waals surface area contributed by atoms with E-state index in [9.17, 15) is 0 Å². The van der Waals surface area contributed by atoms with Crippen LogP contribution in [0, 0.1) is 0 Å². The number of guanidine groups is 1. The van der Waals surface area contributed by atoms with Crippen LogP contribution in [0.25, 0.3) is 0 Å². The summed E-state index contributed by atoms with van der Waals surface area (Å²) >= 11 is 0. The zero-order valence-electron chi connectivity index (χ0n) is 19.7. The van der Waals surface area contributed by atoms with Crippen LogP contribution in [0.2, 0.25) is 0 Å². The summed E-state index contributed by atoms with van der Waals surface area (Å²) in [5.41, 5.74) is 3.28. The number of aromatic nitrogens is 1. The number of hydrogen-bond acceptors (Lipinski definition) is 5. The van der Waals surface area contributed by atoms with Crippen LogP contribution in [-0.2, 0) is 13.2 Å². The fourth-order valence-electron chi connectivity index (χ4n) is 3.87. The Bertz CT molecular complexity index is 1040. The second kappa shape index (κ2) is 13.0. The number of rotatable bonds is 7. The molecular weight excluding hydrogens is 541 g/mol. The van der Waals surface area contributed by atoms with Crippen molar-refractivity contribution in [3.63, 3.8) is 0 Å². The van der Waals surface area contributed by atoms with Crippen molar-refractivity contribution in [3.05, 3.63) is 84.2 Å². The van der Waals surface area contributed by atoms with E-state index in [0.29, 0.717) is 13.2 Å². The molecule has 1 aliphatic rings. The SMILES string of the molecule is CN=C(NCc1cccc(OCc2ccccn2)c1)N1CCN(c2ccc(OC)cc2)CC1.I. The maximum atomic E-state index is 5.91. The summed E-state index contributed by atoms with van der Waals surface area (Å²) in [6, 6.07) is 22.2. The standard InChI is InChI=1S/C26H31N5O2.HI/c1-27-26(31-16-14-30(15-17-31)23-9-11-24(32-2)12-10-23)29-19-21-6-5-8-25(18-21)33-20-22-7-3-4-13-28-22;/h3-13,18H,14-17,19-20H2,1-2H3,(H,27,29);1H. The molecule has 1 N–H and O–H groups in total. The van der Waals surface area contributed by atoms with Crippen molar-refractivity contribution in [1.29, 1.82) is 0 Å². The van der Waals surface area contributed by atoms with Gasteiger partial charge in [0.05, 0.1) is 12.8 Å². The normalized spacial score (nSPS) is 13.8. The van der Waals surface area contributed by atoms with Crippen LogP contribution in [0.15, 0.2) is 77.9 Å². The highest BCUT2D eigenvalue weighted by molar-refractivity contribution is 14.0. The summed E-state index contributed by atoms with van der Waals surface area (Å²) in [6.07, 6.45) is 1.78. The van der Waals surface area contributed by atoms with Crippen LogP contribution >= 0.6 is 24.0 Å². The molecule has 0 amide bonds. The largest absolute Gasteiger partial charge is 0.497 e. The quantitative estimate of drug-likeness (QED) is 0.260. The number of pyridine rings is 1. The Morgan fingerprint density at radius 1 is 0.971 bits per heavy atom. The highest BCUT2D eigenvalue weighted by atomic mass is 127. The Morgan fingerprint density at radius 2 is 1.76 bits per heavy atom. The van der Waals surface area contributed by atoms with E-state index in [4.69, 9.17) is 9.47 Å². The summed E-state index contributed by atoms with van der Waals surface area (Å²) in [5.74, 6) is 2.64. The average molecular weight is 573 g/mol. The molecule has 2 heterocycles. The lowest BCUT2D eigenvalue weighted by Gasteiger charge is -2.37. The lowest BCUT2D eigenvalue weighted by atomic mass is 10.2. The van der Waals surface area contributed by atoms with Gasteiger partial charge in [0.1, 0.15) is 18.1 Å². The van der Waals surface area contributed by atoms with Gasteiger partial charge in [0.25, 0.3) is 0 Å². The molecule has 0 spiro atoms. The Balaban J connectivity index is 0.00000324. The van der Waals surface area contributed by atoms with Crippen LogP contribution in [0.5, 0.6) is 11.5 Å². The van der Waals surface area contributed by atoms with Crippen molar-refractivity contribution in [3.8, 4) is 11.5 Å². The van der Waals surface area contributed by atoms with Crippen molar-refractivity contribution in [2.24, 2.45) is 4.99 Å². The van der Waals surface area contributed by atoms with Gasteiger partial charge in [0.15, 0.2) is 5.96 Å². The topological polar surface area (TPSA) is 62.2 Å². The molecule has 3 aromatic rings. The second-order valence-electron chi connectivity index (χ2n) is 7.83. The fraction of sp³-hybridized carbons (Fsp3) is 0.308. The van der Waals surface area contributed by atoms with Gasteiger partial charge >= 0.3 is 0 Å². The number of anilines is 1. The van der Waals surface area contributed by atoms with Gasteiger partial charge in [-0.15, -0.1) is 24.0 Å². The van der Waals surface area contributed by atoms with Gasteiger partial charge < -0.3 is 24.6 Å². The fourth-order valence-corrected chi connectivity index (χ4v) is 3.87. The molecule has 7 nitrogen and oxygen atoms in total. The number of piperazine rings is 1. The lowest BCUT2D eigenvalue weighted by molar-refractivity contribution is 0.301. The molecule has 1 aromatic heterocycles. The van der Waals surface area contributed by atoms with Gasteiger partial charge in [0, 0.05) is 51.7 Å². The molecule has 4 rings (SSSR count). The first-order valence-electron chi connectivity index (χ1n) is 11.2. The number of ether oxygens (including phenoxy) is 2. The molecule has 0 radical (unpaired) electrons. The third-order valence-electron chi connectivity index (χ3n) is 5.69. The van der Waals surface area contributed by atoms with Crippen molar-refractivity contribution in [2.45, 2.75) is 13.2 Å². The molecule has 0 unspecified atom stereocenters. The smallest absolute Gasteiger partial charge is 0.194 e. The lowest BCUT2D eigenvalue weighted by Crippen LogP contribution is -2.52. The number of nitrogens with zero attached hydrogens (tertiary/aromatic N) is 4. The van der Waals surface area contributed by atoms with Crippen LogP contribution < -0.4 is 19.7 Å². The summed E-state index contributed by atoms with van der Waals surface area (Å²) in [4.78, 5) is 13.5. The first kappa shape index (κ1) is 25.6. The highest BCUT2D eigenvalue weighted by Crippen LogP contribution is 2.20. The molecule has 0 saturated carbocycles. The number of halogens is 1. The molecule has 0 atom stereocenters. The summed E-state index contributed by atoms with van der Waals surface area (Å²) < 4.78 is 11.2. The maximum Gasteiger partial charge on any atom is 0.194 e. The number of hydrogen-bond donors (Lipinski definition) is 1. The predicted octanol–water partition coefficient (Wildman–Crippen LogP) is 4.18. The van der Waals surface area contributed by atoms with Gasteiger partial charge in [-0.2, -0.15) is 0 Å². The van der Waals surface area contributed by atoms with Gasteiger partial charge in [-0.05, 0) is 54.1 Å². The molecule has 1 fully saturated rings. The average Bonchev–Trinajstić information content (AvgIpc) is 2.89. The van der Waals surface area contributed by atoms with Crippen LogP contribution in [0.4, 0.5) is 5.69 Å². The van der Waals surface area contributed by atoms with E-state index in [-0.39, 0.29) is 24.0 Å². The Kier molecular flexibility index (Phi) is 9.81.